The van der Waals surface area contributed by atoms with Gasteiger partial charge in [-0.1, -0.05) is 52.6 Å². The molecule has 9 heteroatoms. The van der Waals surface area contributed by atoms with Crippen molar-refractivity contribution in [3.05, 3.63) is 87.1 Å². The van der Waals surface area contributed by atoms with Gasteiger partial charge in [0.15, 0.2) is 11.5 Å². The third kappa shape index (κ3) is 2.81. The van der Waals surface area contributed by atoms with Gasteiger partial charge in [0.1, 0.15) is 29.2 Å². The standard InChI is InChI=1S/C27H18Cl2N2O5/c1-14-15(25(30-36-14)24-18(28)6-4-7-19(24)29)11-31-20-8-3-2-5-16(20)27(26(31)32)12-33-21-10-23-22(9-17(21)27)34-13-35-23/h2-10H,11-13H2,1H3. The van der Waals surface area contributed by atoms with Crippen molar-refractivity contribution < 1.29 is 23.5 Å². The molecule has 0 fully saturated rings. The lowest BCUT2D eigenvalue weighted by Crippen LogP contribution is -2.42. The summed E-state index contributed by atoms with van der Waals surface area (Å²) >= 11 is 13.0. The first-order valence-corrected chi connectivity index (χ1v) is 12.1. The van der Waals surface area contributed by atoms with Crippen molar-refractivity contribution >= 4 is 34.8 Å². The predicted molar refractivity (Wildman–Crippen MR) is 133 cm³/mol. The second-order valence-electron chi connectivity index (χ2n) is 8.97. The lowest BCUT2D eigenvalue weighted by molar-refractivity contribution is -0.122. The molecule has 1 atom stereocenters. The molecule has 7 rings (SSSR count). The van der Waals surface area contributed by atoms with Gasteiger partial charge < -0.3 is 23.6 Å². The molecule has 36 heavy (non-hydrogen) atoms. The first-order valence-electron chi connectivity index (χ1n) is 11.4. The van der Waals surface area contributed by atoms with E-state index in [9.17, 15) is 4.79 Å². The van der Waals surface area contributed by atoms with E-state index >= 15 is 0 Å². The van der Waals surface area contributed by atoms with Crippen LogP contribution in [-0.2, 0) is 16.8 Å². The summed E-state index contributed by atoms with van der Waals surface area (Å²) in [4.78, 5) is 16.1. The quantitative estimate of drug-likeness (QED) is 0.334. The van der Waals surface area contributed by atoms with E-state index in [4.69, 9.17) is 41.9 Å². The Morgan fingerprint density at radius 1 is 0.944 bits per heavy atom. The van der Waals surface area contributed by atoms with Crippen LogP contribution in [0.25, 0.3) is 11.3 Å². The molecule has 0 radical (unpaired) electrons. The summed E-state index contributed by atoms with van der Waals surface area (Å²) in [6.45, 7) is 2.36. The highest BCUT2D eigenvalue weighted by Crippen LogP contribution is 2.55. The first kappa shape index (κ1) is 21.6. The number of hydrogen-bond donors (Lipinski definition) is 0. The van der Waals surface area contributed by atoms with Gasteiger partial charge in [0.2, 0.25) is 12.7 Å². The van der Waals surface area contributed by atoms with Crippen molar-refractivity contribution in [2.24, 2.45) is 0 Å². The Balaban J connectivity index is 1.36. The zero-order valence-corrected chi connectivity index (χ0v) is 20.5. The van der Waals surface area contributed by atoms with E-state index in [0.29, 0.717) is 44.3 Å². The number of anilines is 1. The molecule has 4 aromatic rings. The molecule has 0 N–H and O–H groups in total. The van der Waals surface area contributed by atoms with E-state index in [1.165, 1.54) is 0 Å². The Hall–Kier alpha value is -3.68. The maximum Gasteiger partial charge on any atom is 0.246 e. The second-order valence-corrected chi connectivity index (χ2v) is 9.78. The fourth-order valence-corrected chi connectivity index (χ4v) is 5.95. The monoisotopic (exact) mass is 520 g/mol. The van der Waals surface area contributed by atoms with E-state index in [0.717, 1.165) is 22.4 Å². The van der Waals surface area contributed by atoms with Gasteiger partial charge in [-0.15, -0.1) is 0 Å². The van der Waals surface area contributed by atoms with Gasteiger partial charge in [-0.25, -0.2) is 0 Å². The van der Waals surface area contributed by atoms with Crippen molar-refractivity contribution in [2.75, 3.05) is 18.3 Å². The molecule has 0 saturated heterocycles. The Labute approximate surface area is 216 Å². The summed E-state index contributed by atoms with van der Waals surface area (Å²) in [5.41, 5.74) is 3.26. The number of carbonyl (C=O) groups is 1. The largest absolute Gasteiger partial charge is 0.491 e. The van der Waals surface area contributed by atoms with Gasteiger partial charge in [-0.05, 0) is 36.8 Å². The maximum absolute atomic E-state index is 14.3. The number of benzene rings is 3. The molecule has 180 valence electrons. The molecule has 3 aliphatic heterocycles. The number of aromatic nitrogens is 1. The van der Waals surface area contributed by atoms with Gasteiger partial charge in [0.05, 0.1) is 16.6 Å². The summed E-state index contributed by atoms with van der Waals surface area (Å²) in [7, 11) is 0. The van der Waals surface area contributed by atoms with Crippen molar-refractivity contribution in [1.29, 1.82) is 0 Å². The molecule has 0 bridgehead atoms. The maximum atomic E-state index is 14.3. The Kier molecular flexibility index (Phi) is 4.59. The number of rotatable bonds is 3. The Bertz CT molecular complexity index is 1560. The minimum Gasteiger partial charge on any atom is -0.491 e. The highest BCUT2D eigenvalue weighted by atomic mass is 35.5. The number of amides is 1. The van der Waals surface area contributed by atoms with Crippen LogP contribution in [0.4, 0.5) is 5.69 Å². The highest BCUT2D eigenvalue weighted by Gasteiger charge is 2.57. The number of para-hydroxylation sites is 1. The van der Waals surface area contributed by atoms with Crippen LogP contribution < -0.4 is 19.1 Å². The van der Waals surface area contributed by atoms with Gasteiger partial charge in [-0.2, -0.15) is 0 Å². The number of carbonyl (C=O) groups excluding carboxylic acids is 1. The average molecular weight is 521 g/mol. The SMILES string of the molecule is Cc1onc(-c2c(Cl)cccc2Cl)c1CN1C(=O)C2(COc3cc4c(cc32)OCO4)c2ccccc21. The van der Waals surface area contributed by atoms with Crippen LogP contribution in [0.1, 0.15) is 22.5 Å². The summed E-state index contributed by atoms with van der Waals surface area (Å²) < 4.78 is 22.8. The summed E-state index contributed by atoms with van der Waals surface area (Å²) in [6, 6.07) is 16.7. The minimum absolute atomic E-state index is 0.0990. The number of aryl methyl sites for hydroxylation is 1. The normalized spacial score (nSPS) is 19.1. The van der Waals surface area contributed by atoms with Crippen molar-refractivity contribution in [3.63, 3.8) is 0 Å². The molecule has 0 aliphatic carbocycles. The van der Waals surface area contributed by atoms with Crippen molar-refractivity contribution in [3.8, 4) is 28.5 Å². The lowest BCUT2D eigenvalue weighted by Gasteiger charge is -2.23. The molecule has 7 nitrogen and oxygen atoms in total. The average Bonchev–Trinajstić information content (AvgIpc) is 3.62. The van der Waals surface area contributed by atoms with Crippen LogP contribution in [0, 0.1) is 6.92 Å². The molecule has 3 aliphatic rings. The highest BCUT2D eigenvalue weighted by molar-refractivity contribution is 6.39. The Morgan fingerprint density at radius 3 is 2.50 bits per heavy atom. The molecular formula is C27H18Cl2N2O5. The van der Waals surface area contributed by atoms with Gasteiger partial charge in [0.25, 0.3) is 0 Å². The third-order valence-corrected chi connectivity index (χ3v) is 7.77. The van der Waals surface area contributed by atoms with Crippen LogP contribution in [0.2, 0.25) is 10.0 Å². The smallest absolute Gasteiger partial charge is 0.246 e. The van der Waals surface area contributed by atoms with Crippen LogP contribution in [0.3, 0.4) is 0 Å². The topological polar surface area (TPSA) is 74.0 Å². The van der Waals surface area contributed by atoms with E-state index in [-0.39, 0.29) is 25.9 Å². The van der Waals surface area contributed by atoms with Crippen molar-refractivity contribution in [2.45, 2.75) is 18.9 Å². The number of nitrogens with zero attached hydrogens (tertiary/aromatic N) is 2. The van der Waals surface area contributed by atoms with E-state index in [2.05, 4.69) is 5.16 Å². The predicted octanol–water partition coefficient (Wildman–Crippen LogP) is 5.91. The molecule has 4 heterocycles. The van der Waals surface area contributed by atoms with Gasteiger partial charge >= 0.3 is 0 Å². The van der Waals surface area contributed by atoms with Gasteiger partial charge in [-0.3, -0.25) is 4.79 Å². The van der Waals surface area contributed by atoms with Crippen LogP contribution in [-0.4, -0.2) is 24.5 Å². The number of ether oxygens (including phenoxy) is 3. The second kappa shape index (κ2) is 7.66. The molecule has 0 saturated carbocycles. The molecule has 1 spiro atoms. The number of halogens is 2. The van der Waals surface area contributed by atoms with E-state index in [1.54, 1.807) is 29.2 Å². The molecule has 1 unspecified atom stereocenters. The fraction of sp³-hybridized carbons (Fsp3) is 0.185. The lowest BCUT2D eigenvalue weighted by atomic mass is 9.77. The zero-order chi connectivity index (χ0) is 24.6. The van der Waals surface area contributed by atoms with Gasteiger partial charge in [0, 0.05) is 28.4 Å². The van der Waals surface area contributed by atoms with E-state index in [1.807, 2.05) is 37.3 Å². The van der Waals surface area contributed by atoms with Crippen LogP contribution in [0.5, 0.6) is 17.2 Å². The van der Waals surface area contributed by atoms with Crippen LogP contribution >= 0.6 is 23.2 Å². The summed E-state index contributed by atoms with van der Waals surface area (Å²) in [5, 5.41) is 5.17. The van der Waals surface area contributed by atoms with Crippen molar-refractivity contribution in [1.82, 2.24) is 5.16 Å². The number of fused-ring (bicyclic) bond motifs is 5. The van der Waals surface area contributed by atoms with E-state index < -0.39 is 5.41 Å². The minimum atomic E-state index is -1.000. The molecule has 1 aromatic heterocycles. The molecule has 1 amide bonds. The summed E-state index contributed by atoms with van der Waals surface area (Å²) in [6.07, 6.45) is 0. The fourth-order valence-electron chi connectivity index (χ4n) is 5.38. The Morgan fingerprint density at radius 2 is 1.69 bits per heavy atom. The van der Waals surface area contributed by atoms with Crippen LogP contribution in [0.15, 0.2) is 59.1 Å². The number of hydrogen-bond acceptors (Lipinski definition) is 6. The zero-order valence-electron chi connectivity index (χ0n) is 19.0. The molecule has 3 aromatic carbocycles. The summed E-state index contributed by atoms with van der Waals surface area (Å²) in [5.74, 6) is 2.32. The first-order chi connectivity index (χ1) is 17.5. The molecular weight excluding hydrogens is 503 g/mol. The third-order valence-electron chi connectivity index (χ3n) is 7.14.